The lowest BCUT2D eigenvalue weighted by Crippen LogP contribution is -2.52. The van der Waals surface area contributed by atoms with Crippen LogP contribution in [0, 0.1) is 11.8 Å². The number of aliphatic imine (C=N–C) groups is 1. The van der Waals surface area contributed by atoms with Gasteiger partial charge < -0.3 is 10.1 Å². The fourth-order valence-electron chi connectivity index (χ4n) is 4.84. The Balaban J connectivity index is 1.56. The van der Waals surface area contributed by atoms with Crippen molar-refractivity contribution >= 4 is 23.5 Å². The number of alkyl halides is 3. The molecule has 0 aromatic heterocycles. The van der Waals surface area contributed by atoms with E-state index < -0.39 is 23.6 Å². The second-order valence-corrected chi connectivity index (χ2v) is 9.89. The Labute approximate surface area is 194 Å². The Hall–Kier alpha value is -1.03. The Bertz CT molecular complexity index is 635. The average molecular weight is 478 g/mol. The van der Waals surface area contributed by atoms with Crippen molar-refractivity contribution < 1.29 is 18.3 Å². The van der Waals surface area contributed by atoms with Crippen LogP contribution in [0.5, 0.6) is 0 Å². The second kappa shape index (κ2) is 12.4. The van der Waals surface area contributed by atoms with Crippen molar-refractivity contribution in [2.75, 3.05) is 13.2 Å². The van der Waals surface area contributed by atoms with Gasteiger partial charge in [-0.1, -0.05) is 0 Å². The van der Waals surface area contributed by atoms with Crippen molar-refractivity contribution in [3.05, 3.63) is 0 Å². The van der Waals surface area contributed by atoms with Crippen LogP contribution in [0.1, 0.15) is 65.2 Å². The SMILES string of the molecule is CCOC(C)CN=C(NC(=O)C1CCC(Cl)C(F)C1)NC1CC(C2CCC(F)CC2)NN1. The summed E-state index contributed by atoms with van der Waals surface area (Å²) in [6.45, 7) is 4.82. The number of amides is 1. The maximum atomic E-state index is 14.0. The normalized spacial score (nSPS) is 37.2. The highest BCUT2D eigenvalue weighted by Gasteiger charge is 2.35. The summed E-state index contributed by atoms with van der Waals surface area (Å²) in [5.74, 6) is 0.128. The maximum Gasteiger partial charge on any atom is 0.229 e. The number of ether oxygens (including phenoxy) is 1. The molecule has 3 fully saturated rings. The Kier molecular flexibility index (Phi) is 9.95. The van der Waals surface area contributed by atoms with E-state index in [1.165, 1.54) is 0 Å². The highest BCUT2D eigenvalue weighted by molar-refractivity contribution is 6.21. The molecule has 1 saturated heterocycles. The van der Waals surface area contributed by atoms with E-state index in [0.717, 1.165) is 19.3 Å². The number of hydrogen-bond acceptors (Lipinski definition) is 5. The van der Waals surface area contributed by atoms with Gasteiger partial charge in [-0.3, -0.25) is 20.5 Å². The van der Waals surface area contributed by atoms with Gasteiger partial charge in [-0.15, -0.1) is 11.6 Å². The van der Waals surface area contributed by atoms with Crippen molar-refractivity contribution in [2.24, 2.45) is 16.8 Å². The monoisotopic (exact) mass is 477 g/mol. The molecule has 4 N–H and O–H groups in total. The molecule has 3 rings (SSSR count). The van der Waals surface area contributed by atoms with E-state index >= 15 is 0 Å². The zero-order valence-electron chi connectivity index (χ0n) is 19.1. The summed E-state index contributed by atoms with van der Waals surface area (Å²) in [5, 5.41) is 5.62. The maximum absolute atomic E-state index is 14.0. The highest BCUT2D eigenvalue weighted by atomic mass is 35.5. The molecule has 10 heteroatoms. The van der Waals surface area contributed by atoms with Gasteiger partial charge in [0.2, 0.25) is 5.91 Å². The van der Waals surface area contributed by atoms with Crippen molar-refractivity contribution in [3.8, 4) is 0 Å². The average Bonchev–Trinajstić information content (AvgIpc) is 3.23. The number of guanidine groups is 1. The van der Waals surface area contributed by atoms with Crippen LogP contribution in [0.2, 0.25) is 0 Å². The predicted octanol–water partition coefficient (Wildman–Crippen LogP) is 2.94. The van der Waals surface area contributed by atoms with E-state index in [1.54, 1.807) is 0 Å². The van der Waals surface area contributed by atoms with Gasteiger partial charge in [0.1, 0.15) is 12.3 Å². The fourth-order valence-corrected chi connectivity index (χ4v) is 5.07. The lowest BCUT2D eigenvalue weighted by molar-refractivity contribution is -0.125. The standard InChI is InChI=1S/C22H38ClF2N5O2/c1-3-32-13(2)12-26-22(28-21(31)15-6-9-17(23)18(25)10-15)27-20-11-19(29-30-20)14-4-7-16(24)8-5-14/h13-20,29-30H,3-12H2,1-2H3,(H2,26,27,28,31). The van der Waals surface area contributed by atoms with Crippen molar-refractivity contribution in [1.29, 1.82) is 0 Å². The fraction of sp³-hybridized carbons (Fsp3) is 0.909. The van der Waals surface area contributed by atoms with E-state index in [-0.39, 0.29) is 30.6 Å². The van der Waals surface area contributed by atoms with E-state index in [9.17, 15) is 13.6 Å². The number of halogens is 3. The summed E-state index contributed by atoms with van der Waals surface area (Å²) >= 11 is 5.96. The molecular weight excluding hydrogens is 440 g/mol. The first kappa shape index (κ1) is 25.6. The summed E-state index contributed by atoms with van der Waals surface area (Å²) in [4.78, 5) is 17.3. The Morgan fingerprint density at radius 3 is 2.59 bits per heavy atom. The summed E-state index contributed by atoms with van der Waals surface area (Å²) < 4.78 is 33.0. The van der Waals surface area contributed by atoms with Crippen LogP contribution in [0.3, 0.4) is 0 Å². The predicted molar refractivity (Wildman–Crippen MR) is 122 cm³/mol. The minimum atomic E-state index is -1.17. The number of hydrogen-bond donors (Lipinski definition) is 4. The van der Waals surface area contributed by atoms with Gasteiger partial charge in [0.25, 0.3) is 0 Å². The number of rotatable bonds is 7. The molecule has 7 nitrogen and oxygen atoms in total. The highest BCUT2D eigenvalue weighted by Crippen LogP contribution is 2.31. The third-order valence-electron chi connectivity index (χ3n) is 6.78. The zero-order valence-corrected chi connectivity index (χ0v) is 19.8. The summed E-state index contributed by atoms with van der Waals surface area (Å²) in [6, 6.07) is 0.241. The summed E-state index contributed by atoms with van der Waals surface area (Å²) in [6.07, 6.45) is 2.91. The first-order valence-corrected chi connectivity index (χ1v) is 12.5. The van der Waals surface area contributed by atoms with E-state index in [0.29, 0.717) is 50.7 Å². The minimum absolute atomic E-state index is 0.0890. The summed E-state index contributed by atoms with van der Waals surface area (Å²) in [5.41, 5.74) is 6.55. The topological polar surface area (TPSA) is 86.8 Å². The van der Waals surface area contributed by atoms with Gasteiger partial charge in [-0.2, -0.15) is 0 Å². The molecular formula is C22H38ClF2N5O2. The minimum Gasteiger partial charge on any atom is -0.377 e. The number of nitrogens with one attached hydrogen (secondary N) is 4. The third-order valence-corrected chi connectivity index (χ3v) is 7.27. The van der Waals surface area contributed by atoms with Gasteiger partial charge in [0, 0.05) is 18.6 Å². The van der Waals surface area contributed by atoms with E-state index in [4.69, 9.17) is 16.3 Å². The lowest BCUT2D eigenvalue weighted by Gasteiger charge is -2.29. The number of nitrogens with zero attached hydrogens (tertiary/aromatic N) is 1. The third kappa shape index (κ3) is 7.50. The quantitative estimate of drug-likeness (QED) is 0.257. The van der Waals surface area contributed by atoms with Crippen LogP contribution in [-0.4, -0.2) is 61.1 Å². The van der Waals surface area contributed by atoms with Crippen LogP contribution >= 0.6 is 11.6 Å². The summed E-state index contributed by atoms with van der Waals surface area (Å²) in [7, 11) is 0. The molecule has 32 heavy (non-hydrogen) atoms. The largest absolute Gasteiger partial charge is 0.377 e. The van der Waals surface area contributed by atoms with Crippen molar-refractivity contribution in [2.45, 2.75) is 101 Å². The lowest BCUT2D eigenvalue weighted by atomic mass is 9.82. The molecule has 2 aliphatic carbocycles. The van der Waals surface area contributed by atoms with Crippen LogP contribution < -0.4 is 21.5 Å². The molecule has 0 radical (unpaired) electrons. The first-order valence-electron chi connectivity index (χ1n) is 12.0. The van der Waals surface area contributed by atoms with E-state index in [1.807, 2.05) is 13.8 Å². The smallest absolute Gasteiger partial charge is 0.229 e. The number of carbonyl (C=O) groups excluding carboxylic acids is 1. The first-order chi connectivity index (χ1) is 15.4. The molecule has 3 aliphatic rings. The van der Waals surface area contributed by atoms with Crippen LogP contribution in [-0.2, 0) is 9.53 Å². The molecule has 1 amide bonds. The molecule has 2 saturated carbocycles. The van der Waals surface area contributed by atoms with Crippen molar-refractivity contribution in [3.63, 3.8) is 0 Å². The van der Waals surface area contributed by atoms with E-state index in [2.05, 4.69) is 26.5 Å². The molecule has 0 aromatic rings. The molecule has 0 spiro atoms. The molecule has 184 valence electrons. The van der Waals surface area contributed by atoms with Crippen LogP contribution in [0.15, 0.2) is 4.99 Å². The second-order valence-electron chi connectivity index (χ2n) is 9.33. The molecule has 0 bridgehead atoms. The molecule has 6 atom stereocenters. The van der Waals surface area contributed by atoms with Gasteiger partial charge in [0.05, 0.1) is 24.2 Å². The zero-order chi connectivity index (χ0) is 23.1. The number of carbonyl (C=O) groups is 1. The van der Waals surface area contributed by atoms with Gasteiger partial charge in [-0.05, 0) is 71.1 Å². The van der Waals surface area contributed by atoms with Crippen molar-refractivity contribution in [1.82, 2.24) is 21.5 Å². The molecule has 1 aliphatic heterocycles. The van der Waals surface area contributed by atoms with Crippen LogP contribution in [0.4, 0.5) is 8.78 Å². The Morgan fingerprint density at radius 2 is 1.91 bits per heavy atom. The Morgan fingerprint density at radius 1 is 1.16 bits per heavy atom. The van der Waals surface area contributed by atoms with Gasteiger partial charge >= 0.3 is 0 Å². The molecule has 0 aromatic carbocycles. The van der Waals surface area contributed by atoms with Crippen LogP contribution in [0.25, 0.3) is 0 Å². The van der Waals surface area contributed by atoms with Gasteiger partial charge in [0.15, 0.2) is 5.96 Å². The molecule has 6 unspecified atom stereocenters. The molecule has 1 heterocycles. The van der Waals surface area contributed by atoms with Gasteiger partial charge in [-0.25, -0.2) is 14.2 Å². The number of hydrazine groups is 1.